The van der Waals surface area contributed by atoms with Gasteiger partial charge >= 0.3 is 0 Å². The quantitative estimate of drug-likeness (QED) is 0.910. The van der Waals surface area contributed by atoms with Gasteiger partial charge in [-0.2, -0.15) is 0 Å². The fraction of sp³-hybridized carbons (Fsp3) is 0.200. The van der Waals surface area contributed by atoms with Gasteiger partial charge in [-0.3, -0.25) is 9.78 Å². The van der Waals surface area contributed by atoms with Crippen LogP contribution in [0, 0.1) is 0 Å². The van der Waals surface area contributed by atoms with Crippen molar-refractivity contribution in [3.8, 4) is 0 Å². The van der Waals surface area contributed by atoms with E-state index in [9.17, 15) is 9.90 Å². The molecular formula is C15H15ClN2O2. The first-order valence-corrected chi connectivity index (χ1v) is 6.59. The molecule has 0 radical (unpaired) electrons. The third kappa shape index (κ3) is 3.56. The molecule has 1 unspecified atom stereocenters. The Morgan fingerprint density at radius 2 is 1.95 bits per heavy atom. The lowest BCUT2D eigenvalue weighted by molar-refractivity contribution is -0.130. The number of nitrogens with one attached hydrogen (secondary N) is 1. The summed E-state index contributed by atoms with van der Waals surface area (Å²) < 4.78 is 0. The fourth-order valence-electron chi connectivity index (χ4n) is 1.82. The van der Waals surface area contributed by atoms with Crippen LogP contribution in [0.25, 0.3) is 0 Å². The van der Waals surface area contributed by atoms with Gasteiger partial charge in [-0.15, -0.1) is 0 Å². The van der Waals surface area contributed by atoms with Crippen LogP contribution in [-0.4, -0.2) is 16.0 Å². The molecule has 2 N–H and O–H groups in total. The fourth-order valence-corrected chi connectivity index (χ4v) is 1.94. The zero-order valence-corrected chi connectivity index (χ0v) is 11.7. The molecule has 2 atom stereocenters. The van der Waals surface area contributed by atoms with E-state index >= 15 is 0 Å². The number of hydrogen-bond donors (Lipinski definition) is 2. The topological polar surface area (TPSA) is 62.2 Å². The Hall–Kier alpha value is -1.91. The number of halogens is 1. The Bertz CT molecular complexity index is 572. The van der Waals surface area contributed by atoms with Crippen molar-refractivity contribution in [2.75, 3.05) is 0 Å². The van der Waals surface area contributed by atoms with Crippen molar-refractivity contribution in [3.63, 3.8) is 0 Å². The monoisotopic (exact) mass is 290 g/mol. The van der Waals surface area contributed by atoms with Crippen LogP contribution in [0.2, 0.25) is 5.02 Å². The summed E-state index contributed by atoms with van der Waals surface area (Å²) in [5.74, 6) is -0.458. The Morgan fingerprint density at radius 1 is 1.25 bits per heavy atom. The van der Waals surface area contributed by atoms with E-state index in [0.29, 0.717) is 10.6 Å². The maximum absolute atomic E-state index is 12.0. The zero-order valence-electron chi connectivity index (χ0n) is 11.0. The molecule has 0 spiro atoms. The Morgan fingerprint density at radius 3 is 2.55 bits per heavy atom. The molecular weight excluding hydrogens is 276 g/mol. The van der Waals surface area contributed by atoms with Gasteiger partial charge < -0.3 is 10.4 Å². The van der Waals surface area contributed by atoms with Crippen molar-refractivity contribution in [2.24, 2.45) is 0 Å². The Labute approximate surface area is 122 Å². The number of rotatable bonds is 4. The van der Waals surface area contributed by atoms with Gasteiger partial charge in [0.2, 0.25) is 0 Å². The Kier molecular flexibility index (Phi) is 4.71. The van der Waals surface area contributed by atoms with E-state index in [1.165, 1.54) is 6.20 Å². The number of amides is 1. The van der Waals surface area contributed by atoms with Crippen LogP contribution in [0.5, 0.6) is 0 Å². The third-order valence-corrected chi connectivity index (χ3v) is 3.23. The zero-order chi connectivity index (χ0) is 14.5. The summed E-state index contributed by atoms with van der Waals surface area (Å²) >= 11 is 5.82. The van der Waals surface area contributed by atoms with Gasteiger partial charge in [0.15, 0.2) is 6.10 Å². The van der Waals surface area contributed by atoms with Crippen molar-refractivity contribution in [3.05, 3.63) is 64.9 Å². The van der Waals surface area contributed by atoms with Gasteiger partial charge in [-0.05, 0) is 30.7 Å². The molecule has 1 amide bonds. The number of aliphatic hydroxyl groups excluding tert-OH is 1. The maximum atomic E-state index is 12.0. The van der Waals surface area contributed by atoms with Crippen LogP contribution < -0.4 is 5.32 Å². The summed E-state index contributed by atoms with van der Waals surface area (Å²) in [5.41, 5.74) is 1.38. The average molecular weight is 291 g/mol. The van der Waals surface area contributed by atoms with E-state index in [2.05, 4.69) is 10.3 Å². The molecule has 20 heavy (non-hydrogen) atoms. The first-order chi connectivity index (χ1) is 9.58. The van der Waals surface area contributed by atoms with E-state index < -0.39 is 12.0 Å². The molecule has 0 aliphatic carbocycles. The summed E-state index contributed by atoms with van der Waals surface area (Å²) in [5, 5.41) is 13.4. The Balaban J connectivity index is 2.02. The lowest BCUT2D eigenvalue weighted by Crippen LogP contribution is -2.31. The molecule has 0 fully saturated rings. The maximum Gasteiger partial charge on any atom is 0.254 e. The van der Waals surface area contributed by atoms with Crippen LogP contribution in [-0.2, 0) is 4.79 Å². The number of nitrogens with zero attached hydrogens (tertiary/aromatic N) is 1. The smallest absolute Gasteiger partial charge is 0.254 e. The predicted molar refractivity (Wildman–Crippen MR) is 77.2 cm³/mol. The van der Waals surface area contributed by atoms with Crippen LogP contribution in [0.1, 0.15) is 30.2 Å². The molecule has 0 bridgehead atoms. The van der Waals surface area contributed by atoms with Crippen LogP contribution in [0.3, 0.4) is 0 Å². The van der Waals surface area contributed by atoms with Gasteiger partial charge in [-0.25, -0.2) is 0 Å². The SMILES string of the molecule is C[C@H](NC(=O)C(O)c1cccnc1)c1ccc(Cl)cc1. The van der Waals surface area contributed by atoms with Crippen LogP contribution >= 0.6 is 11.6 Å². The van der Waals surface area contributed by atoms with Gasteiger partial charge in [0.1, 0.15) is 0 Å². The van der Waals surface area contributed by atoms with E-state index in [1.807, 2.05) is 19.1 Å². The number of pyridine rings is 1. The minimum atomic E-state index is -1.22. The molecule has 2 aromatic rings. The number of benzene rings is 1. The molecule has 1 heterocycles. The summed E-state index contributed by atoms with van der Waals surface area (Å²) in [4.78, 5) is 15.9. The minimum Gasteiger partial charge on any atom is -0.378 e. The minimum absolute atomic E-state index is 0.217. The van der Waals surface area contributed by atoms with E-state index in [0.717, 1.165) is 5.56 Å². The molecule has 0 aliphatic heterocycles. The van der Waals surface area contributed by atoms with Gasteiger partial charge in [0, 0.05) is 23.0 Å². The molecule has 1 aromatic carbocycles. The van der Waals surface area contributed by atoms with Gasteiger partial charge in [0.05, 0.1) is 6.04 Å². The van der Waals surface area contributed by atoms with Crippen molar-refractivity contribution in [2.45, 2.75) is 19.1 Å². The van der Waals surface area contributed by atoms with Crippen molar-refractivity contribution in [1.29, 1.82) is 0 Å². The summed E-state index contributed by atoms with van der Waals surface area (Å²) in [6.45, 7) is 1.84. The number of hydrogen-bond acceptors (Lipinski definition) is 3. The predicted octanol–water partition coefficient (Wildman–Crippen LogP) is 2.65. The van der Waals surface area contributed by atoms with Crippen LogP contribution in [0.15, 0.2) is 48.8 Å². The molecule has 2 rings (SSSR count). The number of carbonyl (C=O) groups excluding carboxylic acids is 1. The summed E-state index contributed by atoms with van der Waals surface area (Å²) in [6, 6.07) is 10.3. The highest BCUT2D eigenvalue weighted by atomic mass is 35.5. The number of aliphatic hydroxyl groups is 1. The van der Waals surface area contributed by atoms with Crippen LogP contribution in [0.4, 0.5) is 0 Å². The number of aromatic nitrogens is 1. The lowest BCUT2D eigenvalue weighted by Gasteiger charge is -2.17. The first-order valence-electron chi connectivity index (χ1n) is 6.22. The average Bonchev–Trinajstić information content (AvgIpc) is 2.48. The van der Waals surface area contributed by atoms with Crippen molar-refractivity contribution >= 4 is 17.5 Å². The molecule has 5 heteroatoms. The third-order valence-electron chi connectivity index (χ3n) is 2.98. The second kappa shape index (κ2) is 6.50. The largest absolute Gasteiger partial charge is 0.378 e. The molecule has 0 aliphatic rings. The molecule has 0 saturated carbocycles. The highest BCUT2D eigenvalue weighted by Crippen LogP contribution is 2.18. The second-order valence-electron chi connectivity index (χ2n) is 4.47. The van der Waals surface area contributed by atoms with Gasteiger partial charge in [0.25, 0.3) is 5.91 Å². The number of carbonyl (C=O) groups is 1. The van der Waals surface area contributed by atoms with Crippen molar-refractivity contribution < 1.29 is 9.90 Å². The van der Waals surface area contributed by atoms with E-state index in [-0.39, 0.29) is 6.04 Å². The standard InChI is InChI=1S/C15H15ClN2O2/c1-10(11-4-6-13(16)7-5-11)18-15(20)14(19)12-3-2-8-17-9-12/h2-10,14,19H,1H3,(H,18,20)/t10-,14?/m0/s1. The highest BCUT2D eigenvalue weighted by molar-refractivity contribution is 6.30. The first kappa shape index (κ1) is 14.5. The van der Waals surface area contributed by atoms with Crippen molar-refractivity contribution in [1.82, 2.24) is 10.3 Å². The normalized spacial score (nSPS) is 13.6. The molecule has 4 nitrogen and oxygen atoms in total. The van der Waals surface area contributed by atoms with Gasteiger partial charge in [-0.1, -0.05) is 29.8 Å². The highest BCUT2D eigenvalue weighted by Gasteiger charge is 2.19. The van der Waals surface area contributed by atoms with E-state index in [4.69, 9.17) is 11.6 Å². The van der Waals surface area contributed by atoms with E-state index in [1.54, 1.807) is 30.5 Å². The molecule has 104 valence electrons. The summed E-state index contributed by atoms with van der Waals surface area (Å²) in [7, 11) is 0. The second-order valence-corrected chi connectivity index (χ2v) is 4.91. The molecule has 1 aromatic heterocycles. The molecule has 0 saturated heterocycles. The lowest BCUT2D eigenvalue weighted by atomic mass is 10.1. The summed E-state index contributed by atoms with van der Waals surface area (Å²) in [6.07, 6.45) is 1.83.